The minimum absolute atomic E-state index is 0.0535. The summed E-state index contributed by atoms with van der Waals surface area (Å²) in [5.41, 5.74) is 1.49. The van der Waals surface area contributed by atoms with E-state index in [9.17, 15) is 4.79 Å². The van der Waals surface area contributed by atoms with Crippen molar-refractivity contribution in [3.63, 3.8) is 0 Å². The number of pyridine rings is 1. The molecule has 1 N–H and O–H groups in total. The first kappa shape index (κ1) is 18.8. The molecule has 6 nitrogen and oxygen atoms in total. The van der Waals surface area contributed by atoms with Gasteiger partial charge in [-0.1, -0.05) is 25.7 Å². The standard InChI is InChI=1S/C20H31N5O/c1-15(2)25-18-16(13-23-25)11-17(12-21-18)19(26)22-14-20(24(3)4)9-7-5-6-8-10-20/h11-13,15H,5-10,14H2,1-4H3,(H,22,26). The molecule has 1 aliphatic carbocycles. The van der Waals surface area contributed by atoms with Crippen LogP contribution in [-0.2, 0) is 0 Å². The van der Waals surface area contributed by atoms with Crippen LogP contribution in [0.5, 0.6) is 0 Å². The van der Waals surface area contributed by atoms with Crippen LogP contribution < -0.4 is 5.32 Å². The Balaban J connectivity index is 1.73. The molecule has 0 bridgehead atoms. The minimum atomic E-state index is -0.0535. The molecule has 1 saturated carbocycles. The molecule has 2 aromatic rings. The Labute approximate surface area is 156 Å². The summed E-state index contributed by atoms with van der Waals surface area (Å²) < 4.78 is 1.88. The summed E-state index contributed by atoms with van der Waals surface area (Å²) in [6.45, 7) is 4.83. The molecular weight excluding hydrogens is 326 g/mol. The largest absolute Gasteiger partial charge is 0.350 e. The molecule has 142 valence electrons. The van der Waals surface area contributed by atoms with Crippen LogP contribution in [0.25, 0.3) is 11.0 Å². The van der Waals surface area contributed by atoms with E-state index in [1.165, 1.54) is 25.7 Å². The SMILES string of the molecule is CC(C)n1ncc2cc(C(=O)NCC3(N(C)C)CCCCCC3)cnc21. The number of nitrogens with one attached hydrogen (secondary N) is 1. The number of carbonyl (C=O) groups is 1. The van der Waals surface area contributed by atoms with Gasteiger partial charge in [0.25, 0.3) is 5.91 Å². The quantitative estimate of drug-likeness (QED) is 0.833. The van der Waals surface area contributed by atoms with Crippen molar-refractivity contribution in [3.8, 4) is 0 Å². The van der Waals surface area contributed by atoms with Gasteiger partial charge in [0.15, 0.2) is 5.65 Å². The van der Waals surface area contributed by atoms with Crippen molar-refractivity contribution < 1.29 is 4.79 Å². The molecule has 0 unspecified atom stereocenters. The predicted octanol–water partition coefficient (Wildman–Crippen LogP) is 3.40. The fourth-order valence-corrected chi connectivity index (χ4v) is 3.96. The summed E-state index contributed by atoms with van der Waals surface area (Å²) in [5.74, 6) is -0.0535. The van der Waals surface area contributed by atoms with Gasteiger partial charge in [-0.2, -0.15) is 5.10 Å². The lowest BCUT2D eigenvalue weighted by Gasteiger charge is -2.39. The number of carbonyl (C=O) groups excluding carboxylic acids is 1. The number of hydrogen-bond donors (Lipinski definition) is 1. The number of aromatic nitrogens is 3. The molecule has 2 heterocycles. The second kappa shape index (κ2) is 7.74. The summed E-state index contributed by atoms with van der Waals surface area (Å²) in [6.07, 6.45) is 10.8. The van der Waals surface area contributed by atoms with Gasteiger partial charge in [0.05, 0.1) is 11.8 Å². The van der Waals surface area contributed by atoms with Gasteiger partial charge in [0.2, 0.25) is 0 Å². The molecule has 0 saturated heterocycles. The highest BCUT2D eigenvalue weighted by Gasteiger charge is 2.33. The van der Waals surface area contributed by atoms with E-state index < -0.39 is 0 Å². The van der Waals surface area contributed by atoms with E-state index in [1.54, 1.807) is 12.4 Å². The van der Waals surface area contributed by atoms with Gasteiger partial charge in [0, 0.05) is 29.7 Å². The van der Waals surface area contributed by atoms with Crippen molar-refractivity contribution in [3.05, 3.63) is 24.0 Å². The highest BCUT2D eigenvalue weighted by atomic mass is 16.1. The van der Waals surface area contributed by atoms with Gasteiger partial charge in [-0.15, -0.1) is 0 Å². The molecule has 0 spiro atoms. The van der Waals surface area contributed by atoms with Crippen molar-refractivity contribution in [2.45, 2.75) is 64.0 Å². The van der Waals surface area contributed by atoms with Crippen molar-refractivity contribution in [1.82, 2.24) is 25.0 Å². The van der Waals surface area contributed by atoms with E-state index in [-0.39, 0.29) is 17.5 Å². The lowest BCUT2D eigenvalue weighted by Crippen LogP contribution is -2.52. The maximum absolute atomic E-state index is 12.7. The smallest absolute Gasteiger partial charge is 0.252 e. The van der Waals surface area contributed by atoms with Gasteiger partial charge in [0.1, 0.15) is 0 Å². The zero-order valence-electron chi connectivity index (χ0n) is 16.5. The Hall–Kier alpha value is -1.95. The van der Waals surface area contributed by atoms with Gasteiger partial charge in [-0.05, 0) is 46.9 Å². The Morgan fingerprint density at radius 1 is 1.23 bits per heavy atom. The van der Waals surface area contributed by atoms with Crippen LogP contribution in [0.1, 0.15) is 68.8 Å². The molecule has 0 aliphatic heterocycles. The third-order valence-electron chi connectivity index (χ3n) is 5.75. The van der Waals surface area contributed by atoms with Crippen LogP contribution >= 0.6 is 0 Å². The predicted molar refractivity (Wildman–Crippen MR) is 104 cm³/mol. The van der Waals surface area contributed by atoms with E-state index in [2.05, 4.69) is 48.2 Å². The van der Waals surface area contributed by atoms with Crippen LogP contribution in [-0.4, -0.2) is 51.8 Å². The Morgan fingerprint density at radius 3 is 2.54 bits per heavy atom. The monoisotopic (exact) mass is 357 g/mol. The molecule has 1 fully saturated rings. The van der Waals surface area contributed by atoms with E-state index in [4.69, 9.17) is 0 Å². The zero-order valence-corrected chi connectivity index (χ0v) is 16.5. The third kappa shape index (κ3) is 3.75. The molecule has 0 radical (unpaired) electrons. The molecule has 1 aliphatic rings. The first-order chi connectivity index (χ1) is 12.4. The Kier molecular flexibility index (Phi) is 5.61. The average Bonchev–Trinajstić information content (AvgIpc) is 2.89. The van der Waals surface area contributed by atoms with Crippen molar-refractivity contribution in [2.24, 2.45) is 0 Å². The van der Waals surface area contributed by atoms with Crippen LogP contribution in [0.3, 0.4) is 0 Å². The molecule has 2 aromatic heterocycles. The highest BCUT2D eigenvalue weighted by molar-refractivity contribution is 5.96. The molecule has 0 aromatic carbocycles. The molecule has 1 amide bonds. The summed E-state index contributed by atoms with van der Waals surface area (Å²) in [4.78, 5) is 19.5. The fraction of sp³-hybridized carbons (Fsp3) is 0.650. The summed E-state index contributed by atoms with van der Waals surface area (Å²) in [6, 6.07) is 2.13. The van der Waals surface area contributed by atoms with Crippen LogP contribution in [0.2, 0.25) is 0 Å². The highest BCUT2D eigenvalue weighted by Crippen LogP contribution is 2.30. The maximum Gasteiger partial charge on any atom is 0.252 e. The van der Waals surface area contributed by atoms with Crippen LogP contribution in [0.4, 0.5) is 0 Å². The van der Waals surface area contributed by atoms with Gasteiger partial charge < -0.3 is 10.2 Å². The van der Waals surface area contributed by atoms with Gasteiger partial charge in [-0.25, -0.2) is 9.67 Å². The molecule has 6 heteroatoms. The minimum Gasteiger partial charge on any atom is -0.350 e. The van der Waals surface area contributed by atoms with Crippen molar-refractivity contribution in [1.29, 1.82) is 0 Å². The Bertz CT molecular complexity index is 757. The number of rotatable bonds is 5. The van der Waals surface area contributed by atoms with E-state index in [0.717, 1.165) is 23.9 Å². The molecular formula is C20H31N5O. The Morgan fingerprint density at radius 2 is 1.92 bits per heavy atom. The van der Waals surface area contributed by atoms with E-state index in [0.29, 0.717) is 12.1 Å². The first-order valence-corrected chi connectivity index (χ1v) is 9.72. The lowest BCUT2D eigenvalue weighted by atomic mass is 9.88. The van der Waals surface area contributed by atoms with Gasteiger partial charge in [-0.3, -0.25) is 4.79 Å². The maximum atomic E-state index is 12.7. The van der Waals surface area contributed by atoms with E-state index >= 15 is 0 Å². The second-order valence-electron chi connectivity index (χ2n) is 8.04. The van der Waals surface area contributed by atoms with Gasteiger partial charge >= 0.3 is 0 Å². The summed E-state index contributed by atoms with van der Waals surface area (Å²) in [5, 5.41) is 8.45. The number of hydrogen-bond acceptors (Lipinski definition) is 4. The van der Waals surface area contributed by atoms with E-state index in [1.807, 2.05) is 10.7 Å². The van der Waals surface area contributed by atoms with Crippen LogP contribution in [0.15, 0.2) is 18.5 Å². The normalized spacial score (nSPS) is 17.6. The number of fused-ring (bicyclic) bond motifs is 1. The lowest BCUT2D eigenvalue weighted by molar-refractivity contribution is 0.0869. The third-order valence-corrected chi connectivity index (χ3v) is 5.75. The summed E-state index contributed by atoms with van der Waals surface area (Å²) in [7, 11) is 4.26. The second-order valence-corrected chi connectivity index (χ2v) is 8.04. The number of amides is 1. The molecule has 26 heavy (non-hydrogen) atoms. The van der Waals surface area contributed by atoms with Crippen molar-refractivity contribution >= 4 is 16.9 Å². The molecule has 0 atom stereocenters. The average molecular weight is 358 g/mol. The van der Waals surface area contributed by atoms with Crippen molar-refractivity contribution in [2.75, 3.05) is 20.6 Å². The van der Waals surface area contributed by atoms with Crippen LogP contribution in [0, 0.1) is 0 Å². The summed E-state index contributed by atoms with van der Waals surface area (Å²) >= 11 is 0. The molecule has 3 rings (SSSR count). The first-order valence-electron chi connectivity index (χ1n) is 9.72. The topological polar surface area (TPSA) is 63.1 Å². The fourth-order valence-electron chi connectivity index (χ4n) is 3.96. The number of likely N-dealkylation sites (N-methyl/N-ethyl adjacent to an activating group) is 1. The number of nitrogens with zero attached hydrogens (tertiary/aromatic N) is 4. The zero-order chi connectivity index (χ0) is 18.7.